The number of alkyl halides is 1. The number of nitrogens with zero attached hydrogens (tertiary/aromatic N) is 1. The fourth-order valence-corrected chi connectivity index (χ4v) is 1.47. The molecule has 0 aliphatic heterocycles. The summed E-state index contributed by atoms with van der Waals surface area (Å²) in [5, 5.41) is 2.90. The molecule has 4 heteroatoms. The maximum atomic E-state index is 11.9. The predicted molar refractivity (Wildman–Crippen MR) is 77.6 cm³/mol. The van der Waals surface area contributed by atoms with Gasteiger partial charge in [0.1, 0.15) is 0 Å². The topological polar surface area (TPSA) is 32.3 Å². The number of carbonyl (C=O) groups excluding carboxylic acids is 1. The van der Waals surface area contributed by atoms with Crippen molar-refractivity contribution in [3.63, 3.8) is 0 Å². The van der Waals surface area contributed by atoms with Gasteiger partial charge in [0, 0.05) is 37.8 Å². The SMILES string of the molecule is CN(C)c1ccc(C(=O)NCC(C)(C)CCl)cc1. The van der Waals surface area contributed by atoms with Crippen LogP contribution in [0, 0.1) is 5.41 Å². The zero-order valence-electron chi connectivity index (χ0n) is 11.5. The summed E-state index contributed by atoms with van der Waals surface area (Å²) in [4.78, 5) is 13.9. The molecule has 0 aromatic heterocycles. The Balaban J connectivity index is 2.62. The molecule has 1 N–H and O–H groups in total. The number of hydrogen-bond acceptors (Lipinski definition) is 2. The molecule has 1 aromatic rings. The highest BCUT2D eigenvalue weighted by Gasteiger charge is 2.17. The summed E-state index contributed by atoms with van der Waals surface area (Å²) in [6.07, 6.45) is 0. The molecule has 0 bridgehead atoms. The van der Waals surface area contributed by atoms with E-state index in [1.54, 1.807) is 0 Å². The highest BCUT2D eigenvalue weighted by molar-refractivity contribution is 6.18. The van der Waals surface area contributed by atoms with Gasteiger partial charge in [-0.15, -0.1) is 11.6 Å². The van der Waals surface area contributed by atoms with Crippen LogP contribution in [0.1, 0.15) is 24.2 Å². The van der Waals surface area contributed by atoms with E-state index in [4.69, 9.17) is 11.6 Å². The van der Waals surface area contributed by atoms with Gasteiger partial charge in [-0.3, -0.25) is 4.79 Å². The monoisotopic (exact) mass is 268 g/mol. The quantitative estimate of drug-likeness (QED) is 0.833. The molecule has 0 atom stereocenters. The van der Waals surface area contributed by atoms with Gasteiger partial charge in [0.25, 0.3) is 5.91 Å². The Morgan fingerprint density at radius 2 is 1.83 bits per heavy atom. The van der Waals surface area contributed by atoms with Crippen molar-refractivity contribution in [1.29, 1.82) is 0 Å². The predicted octanol–water partition coefficient (Wildman–Crippen LogP) is 2.75. The van der Waals surface area contributed by atoms with Crippen molar-refractivity contribution in [3.05, 3.63) is 29.8 Å². The van der Waals surface area contributed by atoms with Crippen LogP contribution in [0.2, 0.25) is 0 Å². The standard InChI is InChI=1S/C14H21ClN2O/c1-14(2,9-15)10-16-13(18)11-5-7-12(8-6-11)17(3)4/h5-8H,9-10H2,1-4H3,(H,16,18). The first-order valence-electron chi connectivity index (χ1n) is 5.97. The maximum Gasteiger partial charge on any atom is 0.251 e. The third-order valence-electron chi connectivity index (χ3n) is 2.74. The molecule has 0 fully saturated rings. The maximum absolute atomic E-state index is 11.9. The Morgan fingerprint density at radius 1 is 1.28 bits per heavy atom. The van der Waals surface area contributed by atoms with Crippen molar-refractivity contribution in [2.24, 2.45) is 5.41 Å². The third-order valence-corrected chi connectivity index (χ3v) is 3.46. The van der Waals surface area contributed by atoms with E-state index in [2.05, 4.69) is 5.32 Å². The average molecular weight is 269 g/mol. The van der Waals surface area contributed by atoms with E-state index < -0.39 is 0 Å². The minimum atomic E-state index is -0.0825. The van der Waals surface area contributed by atoms with Gasteiger partial charge in [0.05, 0.1) is 0 Å². The molecule has 0 aliphatic carbocycles. The molecule has 1 aromatic carbocycles. The van der Waals surface area contributed by atoms with E-state index in [0.29, 0.717) is 18.0 Å². The van der Waals surface area contributed by atoms with E-state index in [1.807, 2.05) is 57.1 Å². The van der Waals surface area contributed by atoms with E-state index in [-0.39, 0.29) is 11.3 Å². The zero-order chi connectivity index (χ0) is 13.8. The summed E-state index contributed by atoms with van der Waals surface area (Å²) in [6.45, 7) is 4.62. The minimum Gasteiger partial charge on any atom is -0.378 e. The molecule has 100 valence electrons. The van der Waals surface area contributed by atoms with Crippen LogP contribution < -0.4 is 10.2 Å². The molecule has 3 nitrogen and oxygen atoms in total. The van der Waals surface area contributed by atoms with Crippen molar-refractivity contribution < 1.29 is 4.79 Å². The summed E-state index contributed by atoms with van der Waals surface area (Å²) < 4.78 is 0. The normalized spacial score (nSPS) is 11.2. The first-order valence-corrected chi connectivity index (χ1v) is 6.51. The van der Waals surface area contributed by atoms with Gasteiger partial charge in [-0.05, 0) is 29.7 Å². The van der Waals surface area contributed by atoms with Crippen LogP contribution in [0.3, 0.4) is 0 Å². The van der Waals surface area contributed by atoms with Crippen molar-refractivity contribution in [1.82, 2.24) is 5.32 Å². The van der Waals surface area contributed by atoms with Crippen LogP contribution in [0.15, 0.2) is 24.3 Å². The Bertz CT molecular complexity index is 399. The lowest BCUT2D eigenvalue weighted by atomic mass is 9.96. The molecule has 1 rings (SSSR count). The lowest BCUT2D eigenvalue weighted by Crippen LogP contribution is -2.34. The number of carbonyl (C=O) groups is 1. The molecule has 0 spiro atoms. The summed E-state index contributed by atoms with van der Waals surface area (Å²) in [5.41, 5.74) is 1.67. The molecule has 0 radical (unpaired) electrons. The van der Waals surface area contributed by atoms with Crippen molar-refractivity contribution in [2.45, 2.75) is 13.8 Å². The van der Waals surface area contributed by atoms with Crippen LogP contribution in [0.5, 0.6) is 0 Å². The Morgan fingerprint density at radius 3 is 2.28 bits per heavy atom. The Kier molecular flexibility index (Phi) is 5.03. The lowest BCUT2D eigenvalue weighted by molar-refractivity contribution is 0.0940. The average Bonchev–Trinajstić information content (AvgIpc) is 2.36. The largest absolute Gasteiger partial charge is 0.378 e. The summed E-state index contributed by atoms with van der Waals surface area (Å²) in [6, 6.07) is 7.53. The first kappa shape index (κ1) is 14.8. The van der Waals surface area contributed by atoms with E-state index in [0.717, 1.165) is 5.69 Å². The number of hydrogen-bond donors (Lipinski definition) is 1. The highest BCUT2D eigenvalue weighted by Crippen LogP contribution is 2.16. The van der Waals surface area contributed by atoms with Crippen LogP contribution in [-0.4, -0.2) is 32.4 Å². The van der Waals surface area contributed by atoms with Crippen LogP contribution in [0.25, 0.3) is 0 Å². The number of anilines is 1. The number of benzene rings is 1. The van der Waals surface area contributed by atoms with E-state index in [1.165, 1.54) is 0 Å². The number of halogens is 1. The van der Waals surface area contributed by atoms with E-state index in [9.17, 15) is 4.79 Å². The molecular formula is C14H21ClN2O. The first-order chi connectivity index (χ1) is 8.35. The molecule has 0 unspecified atom stereocenters. The van der Waals surface area contributed by atoms with Gasteiger partial charge in [-0.2, -0.15) is 0 Å². The summed E-state index contributed by atoms with van der Waals surface area (Å²) in [7, 11) is 3.94. The van der Waals surface area contributed by atoms with Gasteiger partial charge < -0.3 is 10.2 Å². The van der Waals surface area contributed by atoms with Crippen molar-refractivity contribution in [3.8, 4) is 0 Å². The van der Waals surface area contributed by atoms with Crippen molar-refractivity contribution in [2.75, 3.05) is 31.4 Å². The van der Waals surface area contributed by atoms with Gasteiger partial charge in [0.15, 0.2) is 0 Å². The smallest absolute Gasteiger partial charge is 0.251 e. The Labute approximate surface area is 114 Å². The summed E-state index contributed by atoms with van der Waals surface area (Å²) in [5.74, 6) is 0.464. The Hall–Kier alpha value is -1.22. The lowest BCUT2D eigenvalue weighted by Gasteiger charge is -2.21. The number of rotatable bonds is 5. The van der Waals surface area contributed by atoms with Crippen LogP contribution in [0.4, 0.5) is 5.69 Å². The van der Waals surface area contributed by atoms with Crippen molar-refractivity contribution >= 4 is 23.2 Å². The molecule has 0 saturated carbocycles. The fraction of sp³-hybridized carbons (Fsp3) is 0.500. The molecule has 0 aliphatic rings. The zero-order valence-corrected chi connectivity index (χ0v) is 12.2. The second-order valence-electron chi connectivity index (χ2n) is 5.42. The van der Waals surface area contributed by atoms with Gasteiger partial charge in [0.2, 0.25) is 0 Å². The fourth-order valence-electron chi connectivity index (χ4n) is 1.38. The second-order valence-corrected chi connectivity index (χ2v) is 5.69. The number of nitrogens with one attached hydrogen (secondary N) is 1. The van der Waals surface area contributed by atoms with Crippen LogP contribution >= 0.6 is 11.6 Å². The van der Waals surface area contributed by atoms with Gasteiger partial charge in [-0.1, -0.05) is 13.8 Å². The molecular weight excluding hydrogens is 248 g/mol. The third kappa shape index (κ3) is 4.22. The minimum absolute atomic E-state index is 0.0569. The van der Waals surface area contributed by atoms with Crippen LogP contribution in [-0.2, 0) is 0 Å². The molecule has 18 heavy (non-hydrogen) atoms. The van der Waals surface area contributed by atoms with E-state index >= 15 is 0 Å². The molecule has 0 heterocycles. The number of amides is 1. The highest BCUT2D eigenvalue weighted by atomic mass is 35.5. The van der Waals surface area contributed by atoms with Gasteiger partial charge in [-0.25, -0.2) is 0 Å². The second kappa shape index (κ2) is 6.10. The van der Waals surface area contributed by atoms with Gasteiger partial charge >= 0.3 is 0 Å². The molecule has 1 amide bonds. The summed E-state index contributed by atoms with van der Waals surface area (Å²) >= 11 is 5.82. The molecule has 0 saturated heterocycles.